The molecule has 0 aromatic heterocycles. The molecule has 0 radical (unpaired) electrons. The normalized spacial score (nSPS) is 23.5. The van der Waals surface area contributed by atoms with Crippen LogP contribution in [0, 0.1) is 11.8 Å². The van der Waals surface area contributed by atoms with Gasteiger partial charge in [0.25, 0.3) is 0 Å². The lowest BCUT2D eigenvalue weighted by Gasteiger charge is -2.34. The number of unbranched alkanes of at least 4 members (excludes halogenated alkanes) is 1. The standard InChI is InChI=1S/C17H36N4S/c1-5-18-17(20-9-11-22-4)19-8-6-7-10-21-13-15(2)12-16(3)14-21/h15-16H,5-14H2,1-4H3,(H2,18,19,20). The minimum Gasteiger partial charge on any atom is -0.357 e. The zero-order valence-corrected chi connectivity index (χ0v) is 15.8. The van der Waals surface area contributed by atoms with Crippen LogP contribution >= 0.6 is 11.8 Å². The fraction of sp³-hybridized carbons (Fsp3) is 0.941. The molecule has 4 nitrogen and oxygen atoms in total. The SMILES string of the molecule is CCNC(=NCCCCN1CC(C)CC(C)C1)NCCSC. The van der Waals surface area contributed by atoms with Gasteiger partial charge >= 0.3 is 0 Å². The van der Waals surface area contributed by atoms with Crippen LogP contribution < -0.4 is 10.6 Å². The van der Waals surface area contributed by atoms with E-state index in [0.717, 1.165) is 43.2 Å². The van der Waals surface area contributed by atoms with E-state index in [1.165, 1.54) is 38.9 Å². The van der Waals surface area contributed by atoms with Crippen LogP contribution in [0.25, 0.3) is 0 Å². The van der Waals surface area contributed by atoms with Gasteiger partial charge in [0.15, 0.2) is 5.96 Å². The van der Waals surface area contributed by atoms with Gasteiger partial charge in [-0.3, -0.25) is 4.99 Å². The van der Waals surface area contributed by atoms with E-state index in [9.17, 15) is 0 Å². The highest BCUT2D eigenvalue weighted by atomic mass is 32.2. The first-order chi connectivity index (χ1) is 10.7. The van der Waals surface area contributed by atoms with Gasteiger partial charge < -0.3 is 15.5 Å². The molecule has 1 fully saturated rings. The molecule has 130 valence electrons. The smallest absolute Gasteiger partial charge is 0.191 e. The van der Waals surface area contributed by atoms with Crippen molar-refractivity contribution in [3.63, 3.8) is 0 Å². The van der Waals surface area contributed by atoms with Crippen molar-refractivity contribution in [2.24, 2.45) is 16.8 Å². The molecule has 2 N–H and O–H groups in total. The first kappa shape index (κ1) is 19.6. The van der Waals surface area contributed by atoms with Crippen molar-refractivity contribution in [1.82, 2.24) is 15.5 Å². The Labute approximate surface area is 141 Å². The average molecular weight is 329 g/mol. The van der Waals surface area contributed by atoms with Crippen LogP contribution in [0.15, 0.2) is 4.99 Å². The Morgan fingerprint density at radius 1 is 1.18 bits per heavy atom. The Hall–Kier alpha value is -0.420. The summed E-state index contributed by atoms with van der Waals surface area (Å²) in [7, 11) is 0. The van der Waals surface area contributed by atoms with Gasteiger partial charge in [-0.05, 0) is 50.8 Å². The summed E-state index contributed by atoms with van der Waals surface area (Å²) in [5.74, 6) is 3.82. The third-order valence-electron chi connectivity index (χ3n) is 4.04. The summed E-state index contributed by atoms with van der Waals surface area (Å²) in [4.78, 5) is 7.31. The lowest BCUT2D eigenvalue weighted by Crippen LogP contribution is -2.39. The van der Waals surface area contributed by atoms with Crippen LogP contribution in [-0.4, -0.2) is 62.1 Å². The molecule has 0 aromatic carbocycles. The second-order valence-electron chi connectivity index (χ2n) is 6.59. The lowest BCUT2D eigenvalue weighted by molar-refractivity contribution is 0.139. The summed E-state index contributed by atoms with van der Waals surface area (Å²) in [5, 5.41) is 6.69. The van der Waals surface area contributed by atoms with E-state index in [2.05, 4.69) is 47.6 Å². The first-order valence-corrected chi connectivity index (χ1v) is 10.3. The van der Waals surface area contributed by atoms with E-state index in [4.69, 9.17) is 0 Å². The Morgan fingerprint density at radius 2 is 1.91 bits per heavy atom. The van der Waals surface area contributed by atoms with Crippen molar-refractivity contribution in [3.8, 4) is 0 Å². The number of piperidine rings is 1. The van der Waals surface area contributed by atoms with Crippen LogP contribution in [0.2, 0.25) is 0 Å². The van der Waals surface area contributed by atoms with Crippen molar-refractivity contribution >= 4 is 17.7 Å². The highest BCUT2D eigenvalue weighted by Crippen LogP contribution is 2.20. The van der Waals surface area contributed by atoms with Crippen LogP contribution in [-0.2, 0) is 0 Å². The first-order valence-electron chi connectivity index (χ1n) is 8.89. The van der Waals surface area contributed by atoms with Gasteiger partial charge in [-0.2, -0.15) is 11.8 Å². The van der Waals surface area contributed by atoms with Gasteiger partial charge in [-0.25, -0.2) is 0 Å². The second-order valence-corrected chi connectivity index (χ2v) is 7.58. The Kier molecular flexibility index (Phi) is 10.8. The van der Waals surface area contributed by atoms with E-state index in [1.54, 1.807) is 0 Å². The van der Waals surface area contributed by atoms with Crippen molar-refractivity contribution in [1.29, 1.82) is 0 Å². The van der Waals surface area contributed by atoms with Crippen molar-refractivity contribution in [3.05, 3.63) is 0 Å². The molecule has 1 saturated heterocycles. The highest BCUT2D eigenvalue weighted by molar-refractivity contribution is 7.98. The number of hydrogen-bond acceptors (Lipinski definition) is 3. The van der Waals surface area contributed by atoms with Gasteiger partial charge in [0.2, 0.25) is 0 Å². The minimum atomic E-state index is 0.864. The van der Waals surface area contributed by atoms with Crippen LogP contribution in [0.1, 0.15) is 40.0 Å². The number of rotatable bonds is 9. The quantitative estimate of drug-likeness (QED) is 0.388. The van der Waals surface area contributed by atoms with E-state index >= 15 is 0 Å². The van der Waals surface area contributed by atoms with E-state index < -0.39 is 0 Å². The Balaban J connectivity index is 2.16. The third-order valence-corrected chi connectivity index (χ3v) is 4.65. The molecule has 1 aliphatic heterocycles. The number of likely N-dealkylation sites (tertiary alicyclic amines) is 1. The molecule has 5 heteroatoms. The minimum absolute atomic E-state index is 0.864. The highest BCUT2D eigenvalue weighted by Gasteiger charge is 2.20. The summed E-state index contributed by atoms with van der Waals surface area (Å²) in [5.41, 5.74) is 0. The molecule has 0 spiro atoms. The summed E-state index contributed by atoms with van der Waals surface area (Å²) in [6.07, 6.45) is 5.97. The van der Waals surface area contributed by atoms with Gasteiger partial charge in [-0.15, -0.1) is 0 Å². The number of hydrogen-bond donors (Lipinski definition) is 2. The number of aliphatic imine (C=N–C) groups is 1. The molecular formula is C17H36N4S. The summed E-state index contributed by atoms with van der Waals surface area (Å²) in [6, 6.07) is 0. The third kappa shape index (κ3) is 8.89. The number of nitrogens with zero attached hydrogens (tertiary/aromatic N) is 2. The van der Waals surface area contributed by atoms with Gasteiger partial charge in [0.05, 0.1) is 0 Å². The molecule has 1 aliphatic rings. The predicted octanol–water partition coefficient (Wildman–Crippen LogP) is 2.66. The molecule has 2 unspecified atom stereocenters. The molecule has 0 amide bonds. The molecular weight excluding hydrogens is 292 g/mol. The molecule has 0 bridgehead atoms. The number of guanidine groups is 1. The maximum absolute atomic E-state index is 4.66. The molecule has 1 heterocycles. The summed E-state index contributed by atoms with van der Waals surface area (Å²) in [6.45, 7) is 13.5. The van der Waals surface area contributed by atoms with Gasteiger partial charge in [0.1, 0.15) is 0 Å². The molecule has 1 rings (SSSR count). The van der Waals surface area contributed by atoms with Gasteiger partial charge in [0, 0.05) is 38.5 Å². The molecule has 0 aromatic rings. The van der Waals surface area contributed by atoms with Crippen LogP contribution in [0.5, 0.6) is 0 Å². The monoisotopic (exact) mass is 328 g/mol. The molecule has 22 heavy (non-hydrogen) atoms. The maximum Gasteiger partial charge on any atom is 0.191 e. The van der Waals surface area contributed by atoms with Gasteiger partial charge in [-0.1, -0.05) is 13.8 Å². The topological polar surface area (TPSA) is 39.7 Å². The number of nitrogens with one attached hydrogen (secondary N) is 2. The van der Waals surface area contributed by atoms with Crippen molar-refractivity contribution in [2.75, 3.05) is 51.3 Å². The number of thioether (sulfide) groups is 1. The molecule has 0 aliphatic carbocycles. The van der Waals surface area contributed by atoms with Crippen molar-refractivity contribution < 1.29 is 0 Å². The fourth-order valence-corrected chi connectivity index (χ4v) is 3.53. The van der Waals surface area contributed by atoms with Crippen molar-refractivity contribution in [2.45, 2.75) is 40.0 Å². The van der Waals surface area contributed by atoms with E-state index in [1.807, 2.05) is 11.8 Å². The fourth-order valence-electron chi connectivity index (χ4n) is 3.23. The Morgan fingerprint density at radius 3 is 2.55 bits per heavy atom. The van der Waals surface area contributed by atoms with Crippen LogP contribution in [0.4, 0.5) is 0 Å². The zero-order chi connectivity index (χ0) is 16.2. The molecule has 2 atom stereocenters. The predicted molar refractivity (Wildman–Crippen MR) is 101 cm³/mol. The van der Waals surface area contributed by atoms with Crippen LogP contribution in [0.3, 0.4) is 0 Å². The van der Waals surface area contributed by atoms with E-state index in [-0.39, 0.29) is 0 Å². The average Bonchev–Trinajstić information content (AvgIpc) is 2.46. The zero-order valence-electron chi connectivity index (χ0n) is 15.0. The summed E-state index contributed by atoms with van der Waals surface area (Å²) >= 11 is 1.86. The Bertz CT molecular complexity index is 299. The maximum atomic E-state index is 4.66. The second kappa shape index (κ2) is 12.1. The summed E-state index contributed by atoms with van der Waals surface area (Å²) < 4.78 is 0. The largest absolute Gasteiger partial charge is 0.357 e. The van der Waals surface area contributed by atoms with E-state index in [0.29, 0.717) is 0 Å². The molecule has 0 saturated carbocycles. The lowest BCUT2D eigenvalue weighted by atomic mass is 9.92.